The highest BCUT2D eigenvalue weighted by Gasteiger charge is 2.11. The van der Waals surface area contributed by atoms with Crippen molar-refractivity contribution in [3.63, 3.8) is 0 Å². The summed E-state index contributed by atoms with van der Waals surface area (Å²) in [5.74, 6) is 0.151. The number of pyridine rings is 1. The van der Waals surface area contributed by atoms with Gasteiger partial charge in [-0.3, -0.25) is 9.78 Å². The van der Waals surface area contributed by atoms with E-state index >= 15 is 0 Å². The fourth-order valence-electron chi connectivity index (χ4n) is 2.06. The first kappa shape index (κ1) is 14.1. The van der Waals surface area contributed by atoms with Crippen LogP contribution in [0.1, 0.15) is 30.5 Å². The predicted molar refractivity (Wildman–Crippen MR) is 81.5 cm³/mol. The van der Waals surface area contributed by atoms with Crippen molar-refractivity contribution in [2.24, 2.45) is 0 Å². The van der Waals surface area contributed by atoms with E-state index in [1.807, 2.05) is 44.2 Å². The predicted octanol–water partition coefficient (Wildman–Crippen LogP) is 3.10. The van der Waals surface area contributed by atoms with E-state index in [4.69, 9.17) is 5.73 Å². The number of hydrogen-bond acceptors (Lipinski definition) is 3. The molecule has 0 aliphatic rings. The molecule has 1 unspecified atom stereocenters. The lowest BCUT2D eigenvalue weighted by molar-refractivity contribution is -0.116. The van der Waals surface area contributed by atoms with Crippen LogP contribution in [0.15, 0.2) is 42.6 Å². The number of hydrogen-bond donors (Lipinski definition) is 2. The molecule has 1 aromatic heterocycles. The maximum absolute atomic E-state index is 12.0. The van der Waals surface area contributed by atoms with Crippen LogP contribution in [0.2, 0.25) is 0 Å². The molecule has 1 aromatic carbocycles. The van der Waals surface area contributed by atoms with Crippen LogP contribution in [-0.2, 0) is 4.79 Å². The van der Waals surface area contributed by atoms with Crippen LogP contribution in [-0.4, -0.2) is 10.9 Å². The molecule has 104 valence electrons. The number of carbonyl (C=O) groups excluding carboxylic acids is 1. The molecule has 1 amide bonds. The van der Waals surface area contributed by atoms with Crippen LogP contribution in [0, 0.1) is 6.92 Å². The van der Waals surface area contributed by atoms with E-state index in [-0.39, 0.29) is 11.8 Å². The molecule has 2 rings (SSSR count). The van der Waals surface area contributed by atoms with Crippen LogP contribution in [0.5, 0.6) is 0 Å². The molecular weight excluding hydrogens is 250 g/mol. The Labute approximate surface area is 119 Å². The summed E-state index contributed by atoms with van der Waals surface area (Å²) in [6.07, 6.45) is 2.12. The number of nitrogen functional groups attached to an aromatic ring is 1. The van der Waals surface area contributed by atoms with Crippen molar-refractivity contribution in [1.29, 1.82) is 0 Å². The highest BCUT2D eigenvalue weighted by molar-refractivity contribution is 5.91. The van der Waals surface area contributed by atoms with Gasteiger partial charge >= 0.3 is 0 Å². The van der Waals surface area contributed by atoms with Gasteiger partial charge in [-0.25, -0.2) is 0 Å². The van der Waals surface area contributed by atoms with Crippen LogP contribution < -0.4 is 11.1 Å². The third kappa shape index (κ3) is 3.82. The smallest absolute Gasteiger partial charge is 0.224 e. The number of amides is 1. The Morgan fingerprint density at radius 2 is 2.00 bits per heavy atom. The van der Waals surface area contributed by atoms with Crippen molar-refractivity contribution in [3.05, 3.63) is 53.9 Å². The third-order valence-corrected chi connectivity index (χ3v) is 3.18. The molecule has 20 heavy (non-hydrogen) atoms. The molecule has 1 heterocycles. The first-order valence-electron chi connectivity index (χ1n) is 6.62. The highest BCUT2D eigenvalue weighted by Crippen LogP contribution is 2.21. The van der Waals surface area contributed by atoms with E-state index in [2.05, 4.69) is 10.3 Å². The number of carbonyl (C=O) groups is 1. The van der Waals surface area contributed by atoms with Gasteiger partial charge in [0.15, 0.2) is 0 Å². The lowest BCUT2D eigenvalue weighted by atomic mass is 9.97. The van der Waals surface area contributed by atoms with Crippen molar-refractivity contribution in [2.45, 2.75) is 26.2 Å². The molecule has 0 fully saturated rings. The van der Waals surface area contributed by atoms with E-state index in [9.17, 15) is 4.79 Å². The number of aromatic nitrogens is 1. The Morgan fingerprint density at radius 3 is 2.65 bits per heavy atom. The minimum atomic E-state index is -0.0000694. The van der Waals surface area contributed by atoms with Gasteiger partial charge in [-0.05, 0) is 42.7 Å². The summed E-state index contributed by atoms with van der Waals surface area (Å²) in [6.45, 7) is 3.93. The number of nitrogens with one attached hydrogen (secondary N) is 1. The molecule has 1 atom stereocenters. The van der Waals surface area contributed by atoms with Crippen molar-refractivity contribution in [2.75, 3.05) is 11.1 Å². The van der Waals surface area contributed by atoms with Gasteiger partial charge in [0.1, 0.15) is 0 Å². The second-order valence-electron chi connectivity index (χ2n) is 5.01. The lowest BCUT2D eigenvalue weighted by Crippen LogP contribution is -2.14. The third-order valence-electron chi connectivity index (χ3n) is 3.18. The fraction of sp³-hybridized carbons (Fsp3) is 0.250. The zero-order valence-corrected chi connectivity index (χ0v) is 11.8. The number of rotatable bonds is 4. The summed E-state index contributed by atoms with van der Waals surface area (Å²) in [7, 11) is 0. The number of aryl methyl sites for hydroxylation is 1. The van der Waals surface area contributed by atoms with Gasteiger partial charge in [-0.15, -0.1) is 0 Å². The summed E-state index contributed by atoms with van der Waals surface area (Å²) in [4.78, 5) is 16.1. The van der Waals surface area contributed by atoms with Gasteiger partial charge in [-0.1, -0.05) is 19.1 Å². The molecule has 2 aromatic rings. The van der Waals surface area contributed by atoms with Gasteiger partial charge in [0.25, 0.3) is 0 Å². The minimum Gasteiger partial charge on any atom is -0.399 e. The van der Waals surface area contributed by atoms with Gasteiger partial charge < -0.3 is 11.1 Å². The summed E-state index contributed by atoms with van der Waals surface area (Å²) >= 11 is 0. The molecule has 0 aliphatic heterocycles. The average molecular weight is 269 g/mol. The van der Waals surface area contributed by atoms with Crippen LogP contribution >= 0.6 is 0 Å². The summed E-state index contributed by atoms with van der Waals surface area (Å²) in [6, 6.07) is 11.3. The standard InChI is InChI=1S/C16H19N3O/c1-11(13-3-5-14(17)6-4-13)9-16(20)19-15-7-8-18-12(2)10-15/h3-8,10-11H,9,17H2,1-2H3,(H,18,19,20). The second kappa shape index (κ2) is 6.19. The van der Waals surface area contributed by atoms with E-state index in [0.717, 1.165) is 22.6 Å². The van der Waals surface area contributed by atoms with Crippen LogP contribution in [0.3, 0.4) is 0 Å². The van der Waals surface area contributed by atoms with Crippen molar-refractivity contribution in [3.8, 4) is 0 Å². The monoisotopic (exact) mass is 269 g/mol. The van der Waals surface area contributed by atoms with Gasteiger partial charge in [-0.2, -0.15) is 0 Å². The highest BCUT2D eigenvalue weighted by atomic mass is 16.1. The van der Waals surface area contributed by atoms with E-state index in [1.54, 1.807) is 12.3 Å². The molecule has 0 saturated heterocycles. The van der Waals surface area contributed by atoms with Crippen molar-refractivity contribution in [1.82, 2.24) is 4.98 Å². The second-order valence-corrected chi connectivity index (χ2v) is 5.01. The minimum absolute atomic E-state index is 0.0000694. The molecule has 0 radical (unpaired) electrons. The van der Waals surface area contributed by atoms with E-state index in [0.29, 0.717) is 6.42 Å². The topological polar surface area (TPSA) is 68.0 Å². The molecule has 0 spiro atoms. The SMILES string of the molecule is Cc1cc(NC(=O)CC(C)c2ccc(N)cc2)ccn1. The largest absolute Gasteiger partial charge is 0.399 e. The van der Waals surface area contributed by atoms with Crippen molar-refractivity contribution >= 4 is 17.3 Å². The molecule has 0 saturated carbocycles. The van der Waals surface area contributed by atoms with Crippen LogP contribution in [0.4, 0.5) is 11.4 Å². The van der Waals surface area contributed by atoms with Gasteiger partial charge in [0.2, 0.25) is 5.91 Å². The molecule has 4 nitrogen and oxygen atoms in total. The molecule has 0 bridgehead atoms. The zero-order valence-electron chi connectivity index (χ0n) is 11.8. The first-order chi connectivity index (χ1) is 9.54. The summed E-state index contributed by atoms with van der Waals surface area (Å²) in [5, 5.41) is 2.89. The number of nitrogens with two attached hydrogens (primary N) is 1. The average Bonchev–Trinajstić information content (AvgIpc) is 2.39. The summed E-state index contributed by atoms with van der Waals surface area (Å²) < 4.78 is 0. The Morgan fingerprint density at radius 1 is 1.30 bits per heavy atom. The molecule has 3 N–H and O–H groups in total. The molecule has 0 aliphatic carbocycles. The molecule has 4 heteroatoms. The maximum Gasteiger partial charge on any atom is 0.224 e. The number of nitrogens with zero attached hydrogens (tertiary/aromatic N) is 1. The Hall–Kier alpha value is -2.36. The maximum atomic E-state index is 12.0. The fourth-order valence-corrected chi connectivity index (χ4v) is 2.06. The normalized spacial score (nSPS) is 11.9. The van der Waals surface area contributed by atoms with E-state index in [1.165, 1.54) is 0 Å². The Balaban J connectivity index is 1.95. The van der Waals surface area contributed by atoms with E-state index < -0.39 is 0 Å². The first-order valence-corrected chi connectivity index (χ1v) is 6.62. The lowest BCUT2D eigenvalue weighted by Gasteiger charge is -2.12. The van der Waals surface area contributed by atoms with Crippen molar-refractivity contribution < 1.29 is 4.79 Å². The number of anilines is 2. The summed E-state index contributed by atoms with van der Waals surface area (Å²) in [5.41, 5.74) is 9.17. The zero-order chi connectivity index (χ0) is 14.5. The number of benzene rings is 1. The van der Waals surface area contributed by atoms with Gasteiger partial charge in [0.05, 0.1) is 0 Å². The van der Waals surface area contributed by atoms with Gasteiger partial charge in [0, 0.05) is 29.7 Å². The Bertz CT molecular complexity index is 593. The molecular formula is C16H19N3O. The quantitative estimate of drug-likeness (QED) is 0.838. The van der Waals surface area contributed by atoms with Crippen LogP contribution in [0.25, 0.3) is 0 Å². The Kier molecular flexibility index (Phi) is 4.35.